The Morgan fingerprint density at radius 3 is 2.46 bits per heavy atom. The van der Waals surface area contributed by atoms with E-state index in [1.807, 2.05) is 0 Å². The number of benzene rings is 3. The molecular weight excluding hydrogens is 383 g/mol. The summed E-state index contributed by atoms with van der Waals surface area (Å²) in [5, 5.41) is 6.04. The summed E-state index contributed by atoms with van der Waals surface area (Å²) < 4.78 is 44.6. The maximum atomic E-state index is 13.7. The van der Waals surface area contributed by atoms with Gasteiger partial charge < -0.3 is 9.84 Å². The fourth-order valence-corrected chi connectivity index (χ4v) is 4.15. The second-order valence-corrected chi connectivity index (χ2v) is 8.08. The smallest absolute Gasteiger partial charge is 0.283 e. The van der Waals surface area contributed by atoms with E-state index in [-0.39, 0.29) is 22.2 Å². The molecule has 28 heavy (non-hydrogen) atoms. The first-order chi connectivity index (χ1) is 13.4. The van der Waals surface area contributed by atoms with E-state index < -0.39 is 15.4 Å². The number of hydrogen-bond acceptors (Lipinski definition) is 4. The summed E-state index contributed by atoms with van der Waals surface area (Å²) >= 11 is 0. The van der Waals surface area contributed by atoms with E-state index in [0.717, 1.165) is 11.6 Å². The van der Waals surface area contributed by atoms with Crippen molar-refractivity contribution >= 4 is 20.6 Å². The topological polar surface area (TPSA) is 92.0 Å². The van der Waals surface area contributed by atoms with Gasteiger partial charge in [0.2, 0.25) is 9.84 Å². The van der Waals surface area contributed by atoms with Crippen LogP contribution in [-0.2, 0) is 16.4 Å². The molecule has 0 unspecified atom stereocenters. The molecule has 4 aromatic rings. The number of rotatable bonds is 5. The minimum atomic E-state index is -3.93. The van der Waals surface area contributed by atoms with Crippen LogP contribution >= 0.6 is 0 Å². The third-order valence-electron chi connectivity index (χ3n) is 4.35. The average Bonchev–Trinajstić information content (AvgIpc) is 3.13. The molecule has 2 N–H and O–H groups in total. The molecule has 4 rings (SSSR count). The molecule has 0 atom stereocenters. The van der Waals surface area contributed by atoms with Gasteiger partial charge in [-0.3, -0.25) is 9.89 Å². The van der Waals surface area contributed by atoms with Crippen LogP contribution in [0.2, 0.25) is 0 Å². The van der Waals surface area contributed by atoms with Gasteiger partial charge in [0, 0.05) is 11.8 Å². The number of nitrogens with one attached hydrogen (secondary N) is 2. The van der Waals surface area contributed by atoms with Gasteiger partial charge in [-0.15, -0.1) is 0 Å². The van der Waals surface area contributed by atoms with Crippen molar-refractivity contribution in [2.45, 2.75) is 16.4 Å². The molecule has 0 amide bonds. The van der Waals surface area contributed by atoms with Gasteiger partial charge in [0.1, 0.15) is 18.2 Å². The van der Waals surface area contributed by atoms with Gasteiger partial charge in [0.25, 0.3) is 5.56 Å². The fraction of sp³-hybridized carbons (Fsp3) is 0.0500. The molecule has 0 aliphatic rings. The number of ether oxygens (including phenoxy) is 1. The van der Waals surface area contributed by atoms with Crippen molar-refractivity contribution in [1.82, 2.24) is 10.2 Å². The van der Waals surface area contributed by atoms with Crippen molar-refractivity contribution in [3.8, 4) is 5.75 Å². The quantitative estimate of drug-likeness (QED) is 0.539. The second kappa shape index (κ2) is 6.97. The Hall–Kier alpha value is -3.39. The van der Waals surface area contributed by atoms with Crippen LogP contribution in [0.4, 0.5) is 4.39 Å². The molecule has 0 saturated carbocycles. The van der Waals surface area contributed by atoms with E-state index in [4.69, 9.17) is 4.74 Å². The predicted molar refractivity (Wildman–Crippen MR) is 102 cm³/mol. The molecule has 0 fully saturated rings. The minimum Gasteiger partial charge on any atom is -0.489 e. The van der Waals surface area contributed by atoms with Crippen molar-refractivity contribution in [3.05, 3.63) is 88.6 Å². The van der Waals surface area contributed by atoms with Gasteiger partial charge in [-0.25, -0.2) is 12.8 Å². The monoisotopic (exact) mass is 398 g/mol. The lowest BCUT2D eigenvalue weighted by atomic mass is 10.1. The van der Waals surface area contributed by atoms with Crippen LogP contribution in [0, 0.1) is 5.82 Å². The molecule has 142 valence electrons. The molecule has 1 heterocycles. The number of H-pyrrole nitrogens is 2. The van der Waals surface area contributed by atoms with E-state index in [2.05, 4.69) is 10.2 Å². The number of aromatic amines is 2. The molecule has 1 aromatic heterocycles. The number of fused-ring (bicyclic) bond motifs is 1. The lowest BCUT2D eigenvalue weighted by Crippen LogP contribution is -2.12. The lowest BCUT2D eigenvalue weighted by Gasteiger charge is -2.09. The first-order valence-electron chi connectivity index (χ1n) is 8.36. The number of sulfone groups is 1. The summed E-state index contributed by atoms with van der Waals surface area (Å²) in [6.45, 7) is 0.0842. The van der Waals surface area contributed by atoms with Gasteiger partial charge in [0.05, 0.1) is 4.90 Å². The van der Waals surface area contributed by atoms with Gasteiger partial charge in [-0.2, -0.15) is 0 Å². The van der Waals surface area contributed by atoms with Crippen LogP contribution in [0.5, 0.6) is 5.75 Å². The molecule has 0 spiro atoms. The maximum Gasteiger partial charge on any atom is 0.283 e. The summed E-state index contributed by atoms with van der Waals surface area (Å²) in [5.41, 5.74) is -0.252. The molecular formula is C20H15FN2O4S. The molecule has 3 aromatic carbocycles. The van der Waals surface area contributed by atoms with E-state index in [1.165, 1.54) is 18.2 Å². The third kappa shape index (κ3) is 3.29. The van der Waals surface area contributed by atoms with Crippen molar-refractivity contribution in [2.75, 3.05) is 0 Å². The Kier molecular flexibility index (Phi) is 4.48. The van der Waals surface area contributed by atoms with Gasteiger partial charge in [0.15, 0.2) is 4.90 Å². The maximum absolute atomic E-state index is 13.7. The van der Waals surface area contributed by atoms with Crippen LogP contribution < -0.4 is 10.3 Å². The predicted octanol–water partition coefficient (Wildman–Crippen LogP) is 3.41. The van der Waals surface area contributed by atoms with E-state index >= 15 is 0 Å². The third-order valence-corrected chi connectivity index (χ3v) is 6.10. The van der Waals surface area contributed by atoms with Crippen molar-refractivity contribution in [3.63, 3.8) is 0 Å². The average molecular weight is 398 g/mol. The lowest BCUT2D eigenvalue weighted by molar-refractivity contribution is 0.300. The Labute approximate surface area is 159 Å². The summed E-state index contributed by atoms with van der Waals surface area (Å²) in [6, 6.07) is 16.1. The zero-order valence-corrected chi connectivity index (χ0v) is 15.3. The Bertz CT molecular complexity index is 1330. The molecule has 0 aliphatic carbocycles. The number of hydrogen-bond donors (Lipinski definition) is 2. The zero-order valence-electron chi connectivity index (χ0n) is 14.5. The van der Waals surface area contributed by atoms with Crippen LogP contribution in [0.3, 0.4) is 0 Å². The van der Waals surface area contributed by atoms with E-state index in [9.17, 15) is 17.6 Å². The highest BCUT2D eigenvalue weighted by atomic mass is 32.2. The molecule has 0 bridgehead atoms. The number of aromatic nitrogens is 2. The fourth-order valence-electron chi connectivity index (χ4n) is 2.86. The first kappa shape index (κ1) is 18.0. The molecule has 8 heteroatoms. The van der Waals surface area contributed by atoms with Crippen LogP contribution in [0.15, 0.2) is 81.4 Å². The van der Waals surface area contributed by atoms with Gasteiger partial charge in [-0.1, -0.05) is 30.3 Å². The Morgan fingerprint density at radius 2 is 1.71 bits per heavy atom. The highest BCUT2D eigenvalue weighted by Crippen LogP contribution is 2.26. The SMILES string of the molecule is O=c1[nH][nH]cc1S(=O)(=O)c1ccc2cc(OCc3ccccc3F)ccc2c1. The Balaban J connectivity index is 1.62. The minimum absolute atomic E-state index is 0.0186. The van der Waals surface area contributed by atoms with Crippen molar-refractivity contribution in [1.29, 1.82) is 0 Å². The van der Waals surface area contributed by atoms with Crippen molar-refractivity contribution in [2.24, 2.45) is 0 Å². The molecule has 6 nitrogen and oxygen atoms in total. The molecule has 0 aliphatic heterocycles. The Morgan fingerprint density at radius 1 is 0.964 bits per heavy atom. The van der Waals surface area contributed by atoms with E-state index in [0.29, 0.717) is 16.7 Å². The van der Waals surface area contributed by atoms with E-state index in [1.54, 1.807) is 42.5 Å². The van der Waals surface area contributed by atoms with Crippen LogP contribution in [0.1, 0.15) is 5.56 Å². The van der Waals surface area contributed by atoms with Crippen LogP contribution in [-0.4, -0.2) is 18.6 Å². The van der Waals surface area contributed by atoms with Gasteiger partial charge >= 0.3 is 0 Å². The summed E-state index contributed by atoms with van der Waals surface area (Å²) in [6.07, 6.45) is 1.13. The summed E-state index contributed by atoms with van der Waals surface area (Å²) in [4.78, 5) is 11.3. The standard InChI is InChI=1S/C20H15FN2O4S/c21-18-4-2-1-3-15(18)12-27-16-7-5-14-10-17(8-6-13(14)9-16)28(25,26)19-11-22-23-20(19)24/h1-11H,12H2,(H2,22,23,24). The first-order valence-corrected chi connectivity index (χ1v) is 9.84. The number of halogens is 1. The normalized spacial score (nSPS) is 11.6. The second-order valence-electron chi connectivity index (χ2n) is 6.16. The van der Waals surface area contributed by atoms with Gasteiger partial charge in [-0.05, 0) is 41.1 Å². The summed E-state index contributed by atoms with van der Waals surface area (Å²) in [5.74, 6) is 0.200. The van der Waals surface area contributed by atoms with Crippen LogP contribution in [0.25, 0.3) is 10.8 Å². The van der Waals surface area contributed by atoms with Crippen molar-refractivity contribution < 1.29 is 17.5 Å². The molecule has 0 saturated heterocycles. The highest BCUT2D eigenvalue weighted by molar-refractivity contribution is 7.91. The summed E-state index contributed by atoms with van der Waals surface area (Å²) in [7, 11) is -3.93. The zero-order chi connectivity index (χ0) is 19.7. The molecule has 0 radical (unpaired) electrons. The largest absolute Gasteiger partial charge is 0.489 e. The highest BCUT2D eigenvalue weighted by Gasteiger charge is 2.22.